The molecule has 5 nitrogen and oxygen atoms in total. The lowest BCUT2D eigenvalue weighted by Gasteiger charge is -2.32. The summed E-state index contributed by atoms with van der Waals surface area (Å²) in [6, 6.07) is 10.3. The molecule has 0 aromatic heterocycles. The van der Waals surface area contributed by atoms with Crippen LogP contribution in [0.4, 0.5) is 10.5 Å². The zero-order valence-corrected chi connectivity index (χ0v) is 14.3. The first-order chi connectivity index (χ1) is 11.6. The molecule has 1 heterocycles. The molecule has 3 rings (SSSR count). The molecule has 24 heavy (non-hydrogen) atoms. The van der Waals surface area contributed by atoms with Crippen molar-refractivity contribution in [3.63, 3.8) is 0 Å². The van der Waals surface area contributed by atoms with Crippen molar-refractivity contribution in [1.29, 1.82) is 0 Å². The maximum Gasteiger partial charge on any atom is 0.314 e. The summed E-state index contributed by atoms with van der Waals surface area (Å²) in [5.41, 5.74) is 0.552. The second-order valence-corrected chi connectivity index (χ2v) is 7.28. The topological polar surface area (TPSA) is 64.6 Å². The third kappa shape index (κ3) is 4.63. The molecule has 0 radical (unpaired) electrons. The van der Waals surface area contributed by atoms with E-state index in [-0.39, 0.29) is 6.03 Å². The smallest absolute Gasteiger partial charge is 0.314 e. The van der Waals surface area contributed by atoms with Gasteiger partial charge >= 0.3 is 6.03 Å². The molecule has 1 saturated carbocycles. The number of hydrogen-bond donors (Lipinski definition) is 3. The Morgan fingerprint density at radius 2 is 1.92 bits per heavy atom. The van der Waals surface area contributed by atoms with Gasteiger partial charge in [0.15, 0.2) is 0 Å². The summed E-state index contributed by atoms with van der Waals surface area (Å²) in [6.45, 7) is 3.07. The van der Waals surface area contributed by atoms with Gasteiger partial charge in [0.25, 0.3) is 0 Å². The van der Waals surface area contributed by atoms with Gasteiger partial charge in [0.05, 0.1) is 5.60 Å². The van der Waals surface area contributed by atoms with Crippen molar-refractivity contribution < 1.29 is 9.90 Å². The first-order valence-corrected chi connectivity index (χ1v) is 9.19. The van der Waals surface area contributed by atoms with Crippen LogP contribution in [0.3, 0.4) is 0 Å². The number of para-hydroxylation sites is 1. The predicted octanol–water partition coefficient (Wildman–Crippen LogP) is 2.51. The minimum Gasteiger partial charge on any atom is -0.388 e. The molecule has 1 saturated heterocycles. The Kier molecular flexibility index (Phi) is 5.61. The number of urea groups is 1. The number of nitrogens with zero attached hydrogens (tertiary/aromatic N) is 1. The second-order valence-electron chi connectivity index (χ2n) is 7.28. The second kappa shape index (κ2) is 7.88. The maximum absolute atomic E-state index is 12.0. The average Bonchev–Trinajstić information content (AvgIpc) is 3.09. The van der Waals surface area contributed by atoms with Gasteiger partial charge in [-0.3, -0.25) is 0 Å². The van der Waals surface area contributed by atoms with Gasteiger partial charge in [-0.2, -0.15) is 0 Å². The van der Waals surface area contributed by atoms with Gasteiger partial charge in [0.2, 0.25) is 0 Å². The number of carbonyl (C=O) groups excluding carboxylic acids is 1. The average molecular weight is 331 g/mol. The minimum atomic E-state index is -0.701. The predicted molar refractivity (Wildman–Crippen MR) is 96.2 cm³/mol. The molecule has 1 atom stereocenters. The fraction of sp³-hybridized carbons (Fsp3) is 0.632. The number of carbonyl (C=O) groups is 1. The van der Waals surface area contributed by atoms with Crippen LogP contribution in [-0.2, 0) is 0 Å². The van der Waals surface area contributed by atoms with E-state index in [0.29, 0.717) is 19.0 Å². The molecule has 0 bridgehead atoms. The lowest BCUT2D eigenvalue weighted by Crippen LogP contribution is -2.48. The van der Waals surface area contributed by atoms with Crippen LogP contribution in [0, 0.1) is 5.92 Å². The molecule has 3 N–H and O–H groups in total. The lowest BCUT2D eigenvalue weighted by molar-refractivity contribution is 0.00718. The number of hydrogen-bond acceptors (Lipinski definition) is 3. The molecule has 1 aromatic carbocycles. The quantitative estimate of drug-likeness (QED) is 0.777. The van der Waals surface area contributed by atoms with E-state index >= 15 is 0 Å². The van der Waals surface area contributed by atoms with Crippen molar-refractivity contribution >= 4 is 11.7 Å². The van der Waals surface area contributed by atoms with E-state index in [9.17, 15) is 9.90 Å². The summed E-state index contributed by atoms with van der Waals surface area (Å²) in [6.07, 6.45) is 5.98. The fourth-order valence-electron chi connectivity index (χ4n) is 3.80. The lowest BCUT2D eigenvalue weighted by atomic mass is 9.85. The Morgan fingerprint density at radius 3 is 2.67 bits per heavy atom. The van der Waals surface area contributed by atoms with Crippen molar-refractivity contribution in [3.05, 3.63) is 30.3 Å². The summed E-state index contributed by atoms with van der Waals surface area (Å²) in [4.78, 5) is 14.4. The highest BCUT2D eigenvalue weighted by molar-refractivity contribution is 5.73. The number of amides is 2. The molecular weight excluding hydrogens is 302 g/mol. The van der Waals surface area contributed by atoms with E-state index in [1.54, 1.807) is 0 Å². The number of anilines is 1. The van der Waals surface area contributed by atoms with Crippen LogP contribution in [0.25, 0.3) is 0 Å². The Balaban J connectivity index is 1.36. The van der Waals surface area contributed by atoms with E-state index < -0.39 is 5.60 Å². The van der Waals surface area contributed by atoms with Gasteiger partial charge in [-0.05, 0) is 37.3 Å². The Morgan fingerprint density at radius 1 is 1.17 bits per heavy atom. The highest BCUT2D eigenvalue weighted by Crippen LogP contribution is 2.27. The summed E-state index contributed by atoms with van der Waals surface area (Å²) in [7, 11) is 0. The van der Waals surface area contributed by atoms with Crippen molar-refractivity contribution in [3.8, 4) is 0 Å². The van der Waals surface area contributed by atoms with Gasteiger partial charge < -0.3 is 20.6 Å². The number of benzene rings is 1. The SMILES string of the molecule is O=C(NCC1CCN(c2ccccc2)C1)NCC1(O)CCCCC1. The van der Waals surface area contributed by atoms with E-state index in [2.05, 4.69) is 39.8 Å². The summed E-state index contributed by atoms with van der Waals surface area (Å²) in [5, 5.41) is 16.2. The van der Waals surface area contributed by atoms with E-state index in [4.69, 9.17) is 0 Å². The number of rotatable bonds is 5. The van der Waals surface area contributed by atoms with E-state index in [1.165, 1.54) is 12.1 Å². The minimum absolute atomic E-state index is 0.160. The van der Waals surface area contributed by atoms with E-state index in [1.807, 2.05) is 6.07 Å². The number of nitrogens with one attached hydrogen (secondary N) is 2. The highest BCUT2D eigenvalue weighted by atomic mass is 16.3. The molecule has 1 unspecified atom stereocenters. The molecular formula is C19H29N3O2. The fourth-order valence-corrected chi connectivity index (χ4v) is 3.80. The number of aliphatic hydroxyl groups is 1. The Hall–Kier alpha value is -1.75. The summed E-state index contributed by atoms with van der Waals surface area (Å²) in [5.74, 6) is 0.480. The first kappa shape index (κ1) is 17.1. The van der Waals surface area contributed by atoms with Crippen LogP contribution in [0.5, 0.6) is 0 Å². The van der Waals surface area contributed by atoms with Crippen molar-refractivity contribution in [1.82, 2.24) is 10.6 Å². The van der Waals surface area contributed by atoms with Crippen LogP contribution < -0.4 is 15.5 Å². The van der Waals surface area contributed by atoms with Crippen molar-refractivity contribution in [2.45, 2.75) is 44.1 Å². The monoisotopic (exact) mass is 331 g/mol. The summed E-state index contributed by atoms with van der Waals surface area (Å²) >= 11 is 0. The Labute approximate surface area is 144 Å². The third-order valence-corrected chi connectivity index (χ3v) is 5.32. The van der Waals surface area contributed by atoms with Gasteiger partial charge in [-0.25, -0.2) is 4.79 Å². The van der Waals surface area contributed by atoms with Gasteiger partial charge in [-0.1, -0.05) is 37.5 Å². The third-order valence-electron chi connectivity index (χ3n) is 5.32. The van der Waals surface area contributed by atoms with Gasteiger partial charge in [0, 0.05) is 31.9 Å². The largest absolute Gasteiger partial charge is 0.388 e. The zero-order chi connectivity index (χ0) is 16.8. The molecule has 5 heteroatoms. The molecule has 0 spiro atoms. The van der Waals surface area contributed by atoms with Crippen molar-refractivity contribution in [2.75, 3.05) is 31.1 Å². The van der Waals surface area contributed by atoms with Crippen LogP contribution in [0.2, 0.25) is 0 Å². The highest BCUT2D eigenvalue weighted by Gasteiger charge is 2.29. The summed E-state index contributed by atoms with van der Waals surface area (Å²) < 4.78 is 0. The van der Waals surface area contributed by atoms with Crippen molar-refractivity contribution in [2.24, 2.45) is 5.92 Å². The molecule has 1 aromatic rings. The molecule has 2 fully saturated rings. The van der Waals surface area contributed by atoms with Crippen LogP contribution in [0.1, 0.15) is 38.5 Å². The van der Waals surface area contributed by atoms with Crippen LogP contribution >= 0.6 is 0 Å². The molecule has 1 aliphatic carbocycles. The Bertz CT molecular complexity index is 529. The first-order valence-electron chi connectivity index (χ1n) is 9.19. The normalized spacial score (nSPS) is 23.0. The van der Waals surface area contributed by atoms with Gasteiger partial charge in [0.1, 0.15) is 0 Å². The molecule has 2 amide bonds. The molecule has 132 valence electrons. The molecule has 2 aliphatic rings. The van der Waals surface area contributed by atoms with Crippen LogP contribution in [0.15, 0.2) is 30.3 Å². The maximum atomic E-state index is 12.0. The van der Waals surface area contributed by atoms with E-state index in [0.717, 1.165) is 45.2 Å². The zero-order valence-electron chi connectivity index (χ0n) is 14.3. The molecule has 1 aliphatic heterocycles. The standard InChI is InChI=1S/C19H29N3O2/c23-18(21-15-19(24)10-5-2-6-11-19)20-13-16-9-12-22(14-16)17-7-3-1-4-8-17/h1,3-4,7-8,16,24H,2,5-6,9-15H2,(H2,20,21,23). The van der Waals surface area contributed by atoms with Gasteiger partial charge in [-0.15, -0.1) is 0 Å². The van der Waals surface area contributed by atoms with Crippen LogP contribution in [-0.4, -0.2) is 42.9 Å².